The second-order valence-electron chi connectivity index (χ2n) is 8.75. The molecule has 0 radical (unpaired) electrons. The number of anilines is 2. The average molecular weight is 605 g/mol. The van der Waals surface area contributed by atoms with Gasteiger partial charge in [-0.25, -0.2) is 14.8 Å². The minimum Gasteiger partial charge on any atom is -0.465 e. The SMILES string of the molecule is CC(=O)CNc1nc(C(F)(F)F)n2c1CN(C(=O)O)CC2.CC(=O)N(C)c1nc(C(F)(F)F)n2c1CNCC2.Cl. The fourth-order valence-electron chi connectivity index (χ4n) is 4.02. The maximum absolute atomic E-state index is 12.9. The Kier molecular flexibility index (Phi) is 10.1. The summed E-state index contributed by atoms with van der Waals surface area (Å²) in [4.78, 5) is 42.3. The molecule has 224 valence electrons. The van der Waals surface area contributed by atoms with Gasteiger partial charge in [-0.2, -0.15) is 26.3 Å². The number of imidazole rings is 2. The predicted octanol–water partition coefficient (Wildman–Crippen LogP) is 2.81. The van der Waals surface area contributed by atoms with Gasteiger partial charge in [0.15, 0.2) is 5.82 Å². The van der Waals surface area contributed by atoms with Gasteiger partial charge in [0.2, 0.25) is 17.6 Å². The second-order valence-corrected chi connectivity index (χ2v) is 8.75. The molecule has 2 aromatic heterocycles. The van der Waals surface area contributed by atoms with E-state index < -0.39 is 30.1 Å². The fourth-order valence-corrected chi connectivity index (χ4v) is 4.02. The zero-order chi connectivity index (χ0) is 29.3. The number of Topliss-reactive ketones (excluding diaryl/α,β-unsaturated/α-hetero) is 1. The molecule has 40 heavy (non-hydrogen) atoms. The Morgan fingerprint density at radius 2 is 1.55 bits per heavy atom. The Labute approximate surface area is 229 Å². The maximum Gasteiger partial charge on any atom is 0.449 e. The van der Waals surface area contributed by atoms with Crippen LogP contribution in [-0.2, 0) is 48.1 Å². The van der Waals surface area contributed by atoms with Gasteiger partial charge in [-0.3, -0.25) is 14.5 Å². The van der Waals surface area contributed by atoms with Crippen molar-refractivity contribution in [1.82, 2.24) is 29.3 Å². The lowest BCUT2D eigenvalue weighted by atomic mass is 10.3. The number of fused-ring (bicyclic) bond motifs is 2. The highest BCUT2D eigenvalue weighted by atomic mass is 35.5. The molecule has 0 spiro atoms. The zero-order valence-corrected chi connectivity index (χ0v) is 22.3. The third kappa shape index (κ3) is 7.15. The van der Waals surface area contributed by atoms with Crippen molar-refractivity contribution in [3.05, 3.63) is 23.0 Å². The van der Waals surface area contributed by atoms with E-state index in [1.54, 1.807) is 0 Å². The Morgan fingerprint density at radius 3 is 2.08 bits per heavy atom. The summed E-state index contributed by atoms with van der Waals surface area (Å²) in [6.07, 6.45) is -10.4. The summed E-state index contributed by atoms with van der Waals surface area (Å²) >= 11 is 0. The quantitative estimate of drug-likeness (QED) is 0.453. The third-order valence-electron chi connectivity index (χ3n) is 5.94. The molecule has 12 nitrogen and oxygen atoms in total. The second kappa shape index (κ2) is 12.3. The van der Waals surface area contributed by atoms with Crippen LogP contribution in [0.4, 0.5) is 42.8 Å². The molecule has 0 saturated carbocycles. The number of carbonyl (C=O) groups excluding carboxylic acids is 2. The lowest BCUT2D eigenvalue weighted by molar-refractivity contribution is -0.148. The largest absolute Gasteiger partial charge is 0.465 e. The van der Waals surface area contributed by atoms with Gasteiger partial charge in [-0.1, -0.05) is 0 Å². The van der Waals surface area contributed by atoms with E-state index in [1.807, 2.05) is 0 Å². The molecule has 4 heterocycles. The van der Waals surface area contributed by atoms with Gasteiger partial charge < -0.3 is 29.8 Å². The number of amides is 2. The number of hydrogen-bond donors (Lipinski definition) is 3. The smallest absolute Gasteiger partial charge is 0.449 e. The van der Waals surface area contributed by atoms with Crippen LogP contribution in [0.3, 0.4) is 0 Å². The first-order valence-electron chi connectivity index (χ1n) is 11.5. The summed E-state index contributed by atoms with van der Waals surface area (Å²) in [5.41, 5.74) is 0.503. The highest BCUT2D eigenvalue weighted by Crippen LogP contribution is 2.35. The molecular weight excluding hydrogens is 578 g/mol. The van der Waals surface area contributed by atoms with E-state index in [2.05, 4.69) is 20.6 Å². The minimum absolute atomic E-state index is 0. The lowest BCUT2D eigenvalue weighted by Crippen LogP contribution is -2.38. The topological polar surface area (TPSA) is 138 Å². The van der Waals surface area contributed by atoms with E-state index in [-0.39, 0.29) is 80.7 Å². The first-order chi connectivity index (χ1) is 18.0. The predicted molar refractivity (Wildman–Crippen MR) is 130 cm³/mol. The Hall–Kier alpha value is -3.54. The van der Waals surface area contributed by atoms with Crippen LogP contribution in [-0.4, -0.2) is 73.6 Å². The van der Waals surface area contributed by atoms with E-state index in [0.29, 0.717) is 12.2 Å². The van der Waals surface area contributed by atoms with Crippen LogP contribution in [0, 0.1) is 0 Å². The van der Waals surface area contributed by atoms with Gasteiger partial charge in [-0.05, 0) is 6.92 Å². The average Bonchev–Trinajstić information content (AvgIpc) is 3.41. The summed E-state index contributed by atoms with van der Waals surface area (Å²) < 4.78 is 79.4. The third-order valence-corrected chi connectivity index (χ3v) is 5.94. The van der Waals surface area contributed by atoms with Crippen molar-refractivity contribution in [2.45, 2.75) is 52.4 Å². The minimum atomic E-state index is -4.64. The van der Waals surface area contributed by atoms with Gasteiger partial charge in [-0.15, -0.1) is 12.4 Å². The Bertz CT molecular complexity index is 1260. The molecule has 2 aliphatic heterocycles. The van der Waals surface area contributed by atoms with Gasteiger partial charge in [0.1, 0.15) is 11.6 Å². The van der Waals surface area contributed by atoms with E-state index in [1.165, 1.54) is 20.9 Å². The molecule has 2 amide bonds. The molecule has 2 aliphatic rings. The maximum atomic E-state index is 12.9. The Balaban J connectivity index is 0.000000276. The molecule has 0 saturated heterocycles. The molecule has 0 aromatic carbocycles. The van der Waals surface area contributed by atoms with Crippen molar-refractivity contribution in [1.29, 1.82) is 0 Å². The van der Waals surface area contributed by atoms with Crippen LogP contribution in [0.2, 0.25) is 0 Å². The number of carboxylic acid groups (broad SMARTS) is 1. The number of carbonyl (C=O) groups is 3. The molecule has 19 heteroatoms. The number of halogens is 7. The summed E-state index contributed by atoms with van der Waals surface area (Å²) in [6, 6.07) is 0. The van der Waals surface area contributed by atoms with Gasteiger partial charge in [0.25, 0.3) is 0 Å². The summed E-state index contributed by atoms with van der Waals surface area (Å²) in [6.45, 7) is 2.93. The summed E-state index contributed by atoms with van der Waals surface area (Å²) in [5.74, 6) is -2.69. The number of nitrogens with one attached hydrogen (secondary N) is 2. The molecule has 0 aliphatic carbocycles. The number of nitrogens with zero attached hydrogens (tertiary/aromatic N) is 6. The van der Waals surface area contributed by atoms with Crippen LogP contribution in [0.1, 0.15) is 36.9 Å². The summed E-state index contributed by atoms with van der Waals surface area (Å²) in [7, 11) is 1.42. The number of aromatic nitrogens is 4. The summed E-state index contributed by atoms with van der Waals surface area (Å²) in [5, 5.41) is 14.4. The van der Waals surface area contributed by atoms with Crippen molar-refractivity contribution in [2.24, 2.45) is 0 Å². The van der Waals surface area contributed by atoms with Crippen LogP contribution in [0.15, 0.2) is 0 Å². The fraction of sp³-hybridized carbons (Fsp3) is 0.571. The van der Waals surface area contributed by atoms with E-state index in [4.69, 9.17) is 5.11 Å². The monoisotopic (exact) mass is 604 g/mol. The first-order valence-corrected chi connectivity index (χ1v) is 11.5. The van der Waals surface area contributed by atoms with Crippen LogP contribution in [0.25, 0.3) is 0 Å². The van der Waals surface area contributed by atoms with Crippen LogP contribution < -0.4 is 15.5 Å². The Morgan fingerprint density at radius 1 is 0.975 bits per heavy atom. The molecule has 0 atom stereocenters. The molecule has 4 rings (SSSR count). The zero-order valence-electron chi connectivity index (χ0n) is 21.5. The van der Waals surface area contributed by atoms with Crippen molar-refractivity contribution >= 4 is 41.8 Å². The van der Waals surface area contributed by atoms with Crippen LogP contribution >= 0.6 is 12.4 Å². The number of rotatable bonds is 4. The van der Waals surface area contributed by atoms with Gasteiger partial charge in [0.05, 0.1) is 24.5 Å². The molecule has 0 unspecified atom stereocenters. The molecule has 2 aromatic rings. The van der Waals surface area contributed by atoms with Gasteiger partial charge >= 0.3 is 18.4 Å². The first kappa shape index (κ1) is 32.7. The van der Waals surface area contributed by atoms with Crippen molar-refractivity contribution in [3.8, 4) is 0 Å². The van der Waals surface area contributed by atoms with E-state index in [0.717, 1.165) is 18.9 Å². The molecule has 3 N–H and O–H groups in total. The molecule has 0 fully saturated rings. The van der Waals surface area contributed by atoms with Gasteiger partial charge in [0, 0.05) is 46.7 Å². The van der Waals surface area contributed by atoms with E-state index in [9.17, 15) is 40.7 Å². The van der Waals surface area contributed by atoms with Crippen LogP contribution in [0.5, 0.6) is 0 Å². The number of alkyl halides is 6. The molecular formula is C21H27ClF6N8O4. The number of ketones is 1. The highest BCUT2D eigenvalue weighted by Gasteiger charge is 2.41. The number of hydrogen-bond acceptors (Lipinski definition) is 7. The standard InChI is InChI=1S/C11H13F3N4O3.C10H13F3N4O.ClH/c1-6(19)4-15-8-7-5-17(10(20)21)2-3-18(7)9(16-8)11(12,13)14;1-6(18)16(2)8-7-5-14-3-4-17(7)9(15-8)10(11,12)13;/h15H,2-5H2,1H3,(H,20,21);14H,3-5H2,1-2H3;1H. The normalized spacial score (nSPS) is 14.7. The van der Waals surface area contributed by atoms with Crippen molar-refractivity contribution in [3.63, 3.8) is 0 Å². The highest BCUT2D eigenvalue weighted by molar-refractivity contribution is 5.90. The van der Waals surface area contributed by atoms with E-state index >= 15 is 0 Å². The van der Waals surface area contributed by atoms with Crippen molar-refractivity contribution < 1.29 is 45.8 Å². The molecule has 0 bridgehead atoms. The van der Waals surface area contributed by atoms with Crippen molar-refractivity contribution in [2.75, 3.05) is 36.9 Å². The lowest BCUT2D eigenvalue weighted by Gasteiger charge is -2.27.